The van der Waals surface area contributed by atoms with Crippen LogP contribution >= 0.6 is 11.6 Å². The first-order valence-electron chi connectivity index (χ1n) is 4.65. The summed E-state index contributed by atoms with van der Waals surface area (Å²) in [6.45, 7) is 4.93. The average molecular weight is 194 g/mol. The Hall–Kier alpha value is 0.210. The van der Waals surface area contributed by atoms with Gasteiger partial charge in [0.1, 0.15) is 0 Å². The Bertz CT molecular complexity index is 90.6. The summed E-state index contributed by atoms with van der Waals surface area (Å²) in [5, 5.41) is 3.59. The normalized spacial score (nSPS) is 13.2. The van der Waals surface area contributed by atoms with Crippen molar-refractivity contribution in [1.29, 1.82) is 0 Å². The van der Waals surface area contributed by atoms with E-state index in [4.69, 9.17) is 16.3 Å². The van der Waals surface area contributed by atoms with Gasteiger partial charge in [-0.15, -0.1) is 11.6 Å². The Morgan fingerprint density at radius 1 is 1.42 bits per heavy atom. The molecule has 1 atom stereocenters. The molecule has 0 aromatic heterocycles. The Balaban J connectivity index is 2.90. The highest BCUT2D eigenvalue weighted by atomic mass is 35.5. The van der Waals surface area contributed by atoms with Crippen LogP contribution in [0.5, 0.6) is 0 Å². The summed E-state index contributed by atoms with van der Waals surface area (Å²) < 4.78 is 4.94. The fraction of sp³-hybridized carbons (Fsp3) is 1.00. The van der Waals surface area contributed by atoms with Gasteiger partial charge in [0.05, 0.1) is 0 Å². The standard InChI is InChI=1S/C9H20ClNO/c1-3-9(10)8-11-6-4-5-7-12-2/h9,11H,3-8H2,1-2H3. The first kappa shape index (κ1) is 12.2. The molecule has 0 radical (unpaired) electrons. The molecule has 12 heavy (non-hydrogen) atoms. The number of methoxy groups -OCH3 is 1. The molecule has 74 valence electrons. The molecule has 0 aromatic carbocycles. The SMILES string of the molecule is CCC(Cl)CNCCCCOC. The molecule has 0 rings (SSSR count). The van der Waals surface area contributed by atoms with Gasteiger partial charge < -0.3 is 10.1 Å². The molecule has 2 nitrogen and oxygen atoms in total. The highest BCUT2D eigenvalue weighted by Gasteiger charge is 1.98. The van der Waals surface area contributed by atoms with Crippen LogP contribution in [-0.2, 0) is 4.74 Å². The molecule has 1 unspecified atom stereocenters. The lowest BCUT2D eigenvalue weighted by atomic mass is 10.3. The number of halogens is 1. The first-order chi connectivity index (χ1) is 5.81. The highest BCUT2D eigenvalue weighted by Crippen LogP contribution is 1.98. The molecular formula is C9H20ClNO. The van der Waals surface area contributed by atoms with Gasteiger partial charge in [-0.05, 0) is 25.8 Å². The van der Waals surface area contributed by atoms with Crippen molar-refractivity contribution in [3.8, 4) is 0 Å². The summed E-state index contributed by atoms with van der Waals surface area (Å²) in [6.07, 6.45) is 3.33. The van der Waals surface area contributed by atoms with E-state index in [0.717, 1.165) is 32.5 Å². The molecule has 0 heterocycles. The molecule has 0 spiro atoms. The number of unbranched alkanes of at least 4 members (excludes halogenated alkanes) is 1. The van der Waals surface area contributed by atoms with E-state index in [1.807, 2.05) is 0 Å². The molecule has 0 aliphatic rings. The molecule has 0 aliphatic heterocycles. The molecule has 1 N–H and O–H groups in total. The second-order valence-corrected chi connectivity index (χ2v) is 3.53. The fourth-order valence-electron chi connectivity index (χ4n) is 0.899. The Kier molecular flexibility index (Phi) is 9.46. The van der Waals surface area contributed by atoms with E-state index >= 15 is 0 Å². The zero-order valence-corrected chi connectivity index (χ0v) is 8.86. The van der Waals surface area contributed by atoms with Gasteiger partial charge >= 0.3 is 0 Å². The summed E-state index contributed by atoms with van der Waals surface area (Å²) >= 11 is 5.92. The van der Waals surface area contributed by atoms with E-state index in [2.05, 4.69) is 12.2 Å². The molecule has 0 aromatic rings. The number of rotatable bonds is 8. The molecule has 0 amide bonds. The minimum Gasteiger partial charge on any atom is -0.385 e. The van der Waals surface area contributed by atoms with Gasteiger partial charge in [0, 0.05) is 25.6 Å². The van der Waals surface area contributed by atoms with E-state index in [-0.39, 0.29) is 5.38 Å². The van der Waals surface area contributed by atoms with Gasteiger partial charge in [0.25, 0.3) is 0 Å². The van der Waals surface area contributed by atoms with Crippen molar-refractivity contribution in [2.75, 3.05) is 26.8 Å². The smallest absolute Gasteiger partial charge is 0.0462 e. The lowest BCUT2D eigenvalue weighted by Crippen LogP contribution is -2.23. The maximum absolute atomic E-state index is 5.92. The van der Waals surface area contributed by atoms with Crippen molar-refractivity contribution in [3.63, 3.8) is 0 Å². The summed E-state index contributed by atoms with van der Waals surface area (Å²) in [7, 11) is 1.74. The van der Waals surface area contributed by atoms with E-state index in [1.165, 1.54) is 6.42 Å². The van der Waals surface area contributed by atoms with Crippen LogP contribution in [0.1, 0.15) is 26.2 Å². The van der Waals surface area contributed by atoms with E-state index < -0.39 is 0 Å². The van der Waals surface area contributed by atoms with Gasteiger partial charge in [-0.1, -0.05) is 6.92 Å². The van der Waals surface area contributed by atoms with Crippen LogP contribution in [0.4, 0.5) is 0 Å². The quantitative estimate of drug-likeness (QED) is 0.471. The van der Waals surface area contributed by atoms with Crippen LogP contribution in [0.15, 0.2) is 0 Å². The summed E-state index contributed by atoms with van der Waals surface area (Å²) in [5.74, 6) is 0. The average Bonchev–Trinajstić information content (AvgIpc) is 2.10. The lowest BCUT2D eigenvalue weighted by Gasteiger charge is -2.07. The maximum atomic E-state index is 5.92. The van der Waals surface area contributed by atoms with Crippen molar-refractivity contribution in [2.24, 2.45) is 0 Å². The zero-order valence-electron chi connectivity index (χ0n) is 8.11. The van der Waals surface area contributed by atoms with Gasteiger partial charge in [-0.3, -0.25) is 0 Å². The Morgan fingerprint density at radius 2 is 2.17 bits per heavy atom. The van der Waals surface area contributed by atoms with Gasteiger partial charge in [0.15, 0.2) is 0 Å². The molecule has 0 saturated heterocycles. The predicted molar refractivity (Wildman–Crippen MR) is 53.9 cm³/mol. The number of nitrogens with one attached hydrogen (secondary N) is 1. The van der Waals surface area contributed by atoms with E-state index in [0.29, 0.717) is 0 Å². The zero-order chi connectivity index (χ0) is 9.23. The minimum absolute atomic E-state index is 0.285. The van der Waals surface area contributed by atoms with Crippen LogP contribution in [-0.4, -0.2) is 32.2 Å². The third kappa shape index (κ3) is 8.31. The van der Waals surface area contributed by atoms with Crippen LogP contribution in [0.2, 0.25) is 0 Å². The third-order valence-corrected chi connectivity index (χ3v) is 2.22. The van der Waals surface area contributed by atoms with Crippen LogP contribution < -0.4 is 5.32 Å². The van der Waals surface area contributed by atoms with E-state index in [1.54, 1.807) is 7.11 Å². The molecular weight excluding hydrogens is 174 g/mol. The number of hydrogen-bond donors (Lipinski definition) is 1. The predicted octanol–water partition coefficient (Wildman–Crippen LogP) is 2.02. The lowest BCUT2D eigenvalue weighted by molar-refractivity contribution is 0.192. The fourth-order valence-corrected chi connectivity index (χ4v) is 1.01. The molecule has 3 heteroatoms. The van der Waals surface area contributed by atoms with Crippen molar-refractivity contribution in [1.82, 2.24) is 5.32 Å². The third-order valence-electron chi connectivity index (χ3n) is 1.76. The molecule has 0 saturated carbocycles. The Morgan fingerprint density at radius 3 is 2.75 bits per heavy atom. The topological polar surface area (TPSA) is 21.3 Å². The maximum Gasteiger partial charge on any atom is 0.0462 e. The van der Waals surface area contributed by atoms with Crippen molar-refractivity contribution in [3.05, 3.63) is 0 Å². The molecule has 0 fully saturated rings. The highest BCUT2D eigenvalue weighted by molar-refractivity contribution is 6.20. The number of ether oxygens (including phenoxy) is 1. The van der Waals surface area contributed by atoms with Crippen LogP contribution in [0.25, 0.3) is 0 Å². The Labute approximate surface area is 80.6 Å². The number of hydrogen-bond acceptors (Lipinski definition) is 2. The van der Waals surface area contributed by atoms with Gasteiger partial charge in [-0.25, -0.2) is 0 Å². The second kappa shape index (κ2) is 9.30. The summed E-state index contributed by atoms with van der Waals surface area (Å²) in [6, 6.07) is 0. The van der Waals surface area contributed by atoms with Crippen molar-refractivity contribution >= 4 is 11.6 Å². The van der Waals surface area contributed by atoms with Crippen molar-refractivity contribution < 1.29 is 4.74 Å². The largest absolute Gasteiger partial charge is 0.385 e. The summed E-state index contributed by atoms with van der Waals surface area (Å²) in [5.41, 5.74) is 0. The first-order valence-corrected chi connectivity index (χ1v) is 5.08. The van der Waals surface area contributed by atoms with Crippen LogP contribution in [0, 0.1) is 0 Å². The second-order valence-electron chi connectivity index (χ2n) is 2.91. The van der Waals surface area contributed by atoms with Gasteiger partial charge in [-0.2, -0.15) is 0 Å². The molecule has 0 aliphatic carbocycles. The van der Waals surface area contributed by atoms with Crippen LogP contribution in [0.3, 0.4) is 0 Å². The summed E-state index contributed by atoms with van der Waals surface area (Å²) in [4.78, 5) is 0. The minimum atomic E-state index is 0.285. The van der Waals surface area contributed by atoms with Crippen molar-refractivity contribution in [2.45, 2.75) is 31.6 Å². The van der Waals surface area contributed by atoms with E-state index in [9.17, 15) is 0 Å². The van der Waals surface area contributed by atoms with Gasteiger partial charge in [0.2, 0.25) is 0 Å². The molecule has 0 bridgehead atoms. The number of alkyl halides is 1. The monoisotopic (exact) mass is 193 g/mol.